The molecule has 9 heteroatoms. The maximum atomic E-state index is 11.5. The Hall–Kier alpha value is -1.74. The number of hydrogen-bond acceptors (Lipinski definition) is 7. The molecule has 1 rings (SSSR count). The lowest BCUT2D eigenvalue weighted by atomic mass is 10.2. The average Bonchev–Trinajstić information content (AvgIpc) is 2.27. The second kappa shape index (κ2) is 6.81. The highest BCUT2D eigenvalue weighted by atomic mass is 32.2. The number of nitrogens with zero attached hydrogens (tertiary/aromatic N) is 2. The molecule has 0 aliphatic rings. The normalized spacial score (nSPS) is 12.0. The van der Waals surface area contributed by atoms with Crippen LogP contribution in [0.3, 0.4) is 0 Å². The van der Waals surface area contributed by atoms with Crippen molar-refractivity contribution in [1.82, 2.24) is 9.97 Å². The molecule has 0 bridgehead atoms. The minimum Gasteiger partial charge on any atom is -0.444 e. The van der Waals surface area contributed by atoms with Gasteiger partial charge in [0.15, 0.2) is 5.82 Å². The Bertz CT molecular complexity index is 578. The first-order valence-electron chi connectivity index (χ1n) is 6.20. The van der Waals surface area contributed by atoms with Gasteiger partial charge in [0.25, 0.3) is 10.1 Å². The smallest absolute Gasteiger partial charge is 0.413 e. The summed E-state index contributed by atoms with van der Waals surface area (Å²) in [4.78, 5) is 19.5. The Kier molecular flexibility index (Phi) is 5.62. The number of hydrogen-bond donors (Lipinski definition) is 1. The van der Waals surface area contributed by atoms with E-state index in [1.807, 2.05) is 0 Å². The summed E-state index contributed by atoms with van der Waals surface area (Å²) in [5.74, 6) is 0.247. The van der Waals surface area contributed by atoms with Crippen LogP contribution in [0.4, 0.5) is 10.6 Å². The number of anilines is 1. The van der Waals surface area contributed by atoms with Gasteiger partial charge in [-0.15, -0.1) is 0 Å². The van der Waals surface area contributed by atoms with Crippen LogP contribution in [0.25, 0.3) is 0 Å². The number of ether oxygens (including phenoxy) is 1. The minimum absolute atomic E-state index is 0.00758. The van der Waals surface area contributed by atoms with Crippen molar-refractivity contribution in [2.24, 2.45) is 0 Å². The molecule has 21 heavy (non-hydrogen) atoms. The Morgan fingerprint density at radius 3 is 2.43 bits per heavy atom. The monoisotopic (exact) mass is 317 g/mol. The lowest BCUT2D eigenvalue weighted by Gasteiger charge is -2.19. The molecule has 1 N–H and O–H groups in total. The molecule has 8 nitrogen and oxygen atoms in total. The van der Waals surface area contributed by atoms with Crippen LogP contribution in [0.2, 0.25) is 0 Å². The van der Waals surface area contributed by atoms with E-state index in [2.05, 4.69) is 19.5 Å². The molecule has 1 aromatic rings. The maximum absolute atomic E-state index is 11.5. The van der Waals surface area contributed by atoms with E-state index in [0.29, 0.717) is 12.1 Å². The van der Waals surface area contributed by atoms with Crippen molar-refractivity contribution in [3.8, 4) is 0 Å². The predicted octanol–water partition coefficient (Wildman–Crippen LogP) is 1.34. The predicted molar refractivity (Wildman–Crippen MR) is 76.4 cm³/mol. The van der Waals surface area contributed by atoms with Crippen molar-refractivity contribution >= 4 is 22.0 Å². The van der Waals surface area contributed by atoms with Crippen LogP contribution in [0.15, 0.2) is 12.4 Å². The lowest BCUT2D eigenvalue weighted by molar-refractivity contribution is 0.0635. The van der Waals surface area contributed by atoms with E-state index >= 15 is 0 Å². The molecule has 118 valence electrons. The van der Waals surface area contributed by atoms with Gasteiger partial charge in [0.05, 0.1) is 31.0 Å². The van der Waals surface area contributed by atoms with Crippen molar-refractivity contribution in [2.75, 3.05) is 18.2 Å². The number of carbonyl (C=O) groups excluding carboxylic acids is 1. The fraction of sp³-hybridized carbons (Fsp3) is 0.583. The van der Waals surface area contributed by atoms with E-state index < -0.39 is 21.8 Å². The number of amides is 1. The third-order valence-electron chi connectivity index (χ3n) is 1.99. The van der Waals surface area contributed by atoms with E-state index in [1.54, 1.807) is 20.8 Å². The summed E-state index contributed by atoms with van der Waals surface area (Å²) >= 11 is 0. The van der Waals surface area contributed by atoms with E-state index in [4.69, 9.17) is 4.74 Å². The van der Waals surface area contributed by atoms with Crippen LogP contribution in [0, 0.1) is 0 Å². The minimum atomic E-state index is -3.46. The van der Waals surface area contributed by atoms with Crippen molar-refractivity contribution in [3.05, 3.63) is 18.1 Å². The van der Waals surface area contributed by atoms with Gasteiger partial charge in [0.1, 0.15) is 5.60 Å². The average molecular weight is 317 g/mol. The first-order valence-corrected chi connectivity index (χ1v) is 8.02. The molecule has 0 unspecified atom stereocenters. The zero-order valence-corrected chi connectivity index (χ0v) is 13.2. The second-order valence-electron chi connectivity index (χ2n) is 5.30. The molecule has 1 heterocycles. The molecule has 0 radical (unpaired) electrons. The topological polar surface area (TPSA) is 107 Å². The number of rotatable bonds is 5. The van der Waals surface area contributed by atoms with Gasteiger partial charge < -0.3 is 4.74 Å². The zero-order valence-electron chi connectivity index (χ0n) is 12.4. The maximum Gasteiger partial charge on any atom is 0.413 e. The van der Waals surface area contributed by atoms with Crippen LogP contribution in [-0.2, 0) is 25.5 Å². The fourth-order valence-electron chi connectivity index (χ4n) is 1.25. The van der Waals surface area contributed by atoms with Crippen LogP contribution in [-0.4, -0.2) is 42.9 Å². The summed E-state index contributed by atoms with van der Waals surface area (Å²) in [6.45, 7) is 5.25. The van der Waals surface area contributed by atoms with Crippen LogP contribution in [0.1, 0.15) is 26.5 Å². The highest BCUT2D eigenvalue weighted by Gasteiger charge is 2.16. The molecular formula is C12H19N3O5S. The molecule has 0 saturated heterocycles. The van der Waals surface area contributed by atoms with E-state index in [-0.39, 0.29) is 12.4 Å². The van der Waals surface area contributed by atoms with Gasteiger partial charge in [-0.25, -0.2) is 9.78 Å². The molecule has 0 aromatic carbocycles. The summed E-state index contributed by atoms with van der Waals surface area (Å²) in [5.41, 5.74) is -0.0474. The lowest BCUT2D eigenvalue weighted by Crippen LogP contribution is -2.27. The summed E-state index contributed by atoms with van der Waals surface area (Å²) < 4.78 is 31.2. The molecule has 0 aliphatic heterocycles. The third-order valence-corrected chi connectivity index (χ3v) is 2.58. The largest absolute Gasteiger partial charge is 0.444 e. The molecule has 0 atom stereocenters. The molecule has 0 saturated carbocycles. The van der Waals surface area contributed by atoms with E-state index in [9.17, 15) is 13.2 Å². The third kappa shape index (κ3) is 8.20. The second-order valence-corrected chi connectivity index (χ2v) is 6.94. The molecule has 1 amide bonds. The Morgan fingerprint density at radius 2 is 1.95 bits per heavy atom. The number of aromatic nitrogens is 2. The van der Waals surface area contributed by atoms with Crippen LogP contribution >= 0.6 is 0 Å². The SMILES string of the molecule is CC(C)(C)OC(=O)Nc1cnc(CCOS(C)(=O)=O)cn1. The van der Waals surface area contributed by atoms with Crippen LogP contribution < -0.4 is 5.32 Å². The highest BCUT2D eigenvalue weighted by molar-refractivity contribution is 7.85. The van der Waals surface area contributed by atoms with Gasteiger partial charge in [-0.1, -0.05) is 0 Å². The van der Waals surface area contributed by atoms with Gasteiger partial charge >= 0.3 is 6.09 Å². The Balaban J connectivity index is 2.49. The van der Waals surface area contributed by atoms with Crippen molar-refractivity contribution in [1.29, 1.82) is 0 Å². The summed E-state index contributed by atoms with van der Waals surface area (Å²) in [6, 6.07) is 0. The molecule has 0 spiro atoms. The first kappa shape index (κ1) is 17.3. The Morgan fingerprint density at radius 1 is 1.29 bits per heavy atom. The molecule has 1 aromatic heterocycles. The summed E-state index contributed by atoms with van der Waals surface area (Å²) in [6.07, 6.45) is 3.45. The van der Waals surface area contributed by atoms with Gasteiger partial charge in [0.2, 0.25) is 0 Å². The molecule has 0 aliphatic carbocycles. The van der Waals surface area contributed by atoms with Gasteiger partial charge in [-0.05, 0) is 20.8 Å². The fourth-order valence-corrected chi connectivity index (χ4v) is 1.64. The van der Waals surface area contributed by atoms with Gasteiger partial charge in [0, 0.05) is 6.42 Å². The zero-order chi connectivity index (χ0) is 16.1. The van der Waals surface area contributed by atoms with Crippen molar-refractivity contribution in [2.45, 2.75) is 32.8 Å². The van der Waals surface area contributed by atoms with Crippen molar-refractivity contribution < 1.29 is 22.1 Å². The van der Waals surface area contributed by atoms with Crippen LogP contribution in [0.5, 0.6) is 0 Å². The number of carbonyl (C=O) groups is 1. The van der Waals surface area contributed by atoms with Gasteiger partial charge in [-0.2, -0.15) is 8.42 Å². The highest BCUT2D eigenvalue weighted by Crippen LogP contribution is 2.09. The van der Waals surface area contributed by atoms with E-state index in [0.717, 1.165) is 6.26 Å². The Labute approximate surface area is 124 Å². The first-order chi connectivity index (χ1) is 9.55. The standard InChI is InChI=1S/C12H19N3O5S/c1-12(2,3)20-11(16)15-10-8-13-9(7-14-10)5-6-19-21(4,17)18/h7-8H,5-6H2,1-4H3,(H,14,15,16). The quantitative estimate of drug-likeness (QED) is 0.816. The van der Waals surface area contributed by atoms with Gasteiger partial charge in [-0.3, -0.25) is 14.5 Å². The summed E-state index contributed by atoms with van der Waals surface area (Å²) in [5, 5.41) is 2.44. The number of nitrogens with one attached hydrogen (secondary N) is 1. The molecule has 0 fully saturated rings. The molecular weight excluding hydrogens is 298 g/mol. The van der Waals surface area contributed by atoms with E-state index in [1.165, 1.54) is 12.4 Å². The van der Waals surface area contributed by atoms with Crippen molar-refractivity contribution in [3.63, 3.8) is 0 Å². The summed E-state index contributed by atoms with van der Waals surface area (Å²) in [7, 11) is -3.46.